The van der Waals surface area contributed by atoms with Crippen molar-refractivity contribution in [1.82, 2.24) is 4.90 Å². The number of rotatable bonds is 1. The third kappa shape index (κ3) is 1.10. The molecule has 0 atom stereocenters. The third-order valence-electron chi connectivity index (χ3n) is 1.71. The first-order valence-electron chi connectivity index (χ1n) is 3.21. The Morgan fingerprint density at radius 3 is 2.50 bits per heavy atom. The van der Waals surface area contributed by atoms with Crippen LogP contribution >= 0.6 is 0 Å². The molecular formula is C7H9N3. The van der Waals surface area contributed by atoms with Crippen LogP contribution in [0.2, 0.25) is 0 Å². The van der Waals surface area contributed by atoms with Crippen LogP contribution in [-0.4, -0.2) is 24.5 Å². The van der Waals surface area contributed by atoms with Gasteiger partial charge in [0.2, 0.25) is 0 Å². The molecule has 0 aromatic heterocycles. The van der Waals surface area contributed by atoms with Gasteiger partial charge in [0.1, 0.15) is 0 Å². The van der Waals surface area contributed by atoms with Gasteiger partial charge in [-0.05, 0) is 6.92 Å². The van der Waals surface area contributed by atoms with Gasteiger partial charge < -0.3 is 0 Å². The van der Waals surface area contributed by atoms with E-state index in [0.717, 1.165) is 13.1 Å². The Hall–Kier alpha value is -1.06. The second-order valence-corrected chi connectivity index (χ2v) is 2.98. The number of hydrogen-bond donors (Lipinski definition) is 0. The SMILES string of the molecule is CC1(C#N)CN(CC#N)C1. The fourth-order valence-corrected chi connectivity index (χ4v) is 1.22. The van der Waals surface area contributed by atoms with E-state index in [0.29, 0.717) is 6.54 Å². The van der Waals surface area contributed by atoms with Crippen molar-refractivity contribution in [1.29, 1.82) is 10.5 Å². The molecule has 1 heterocycles. The second-order valence-electron chi connectivity index (χ2n) is 2.98. The van der Waals surface area contributed by atoms with Crippen molar-refractivity contribution in [2.75, 3.05) is 19.6 Å². The molecule has 1 aliphatic heterocycles. The average molecular weight is 135 g/mol. The summed E-state index contributed by atoms with van der Waals surface area (Å²) in [7, 11) is 0. The fraction of sp³-hybridized carbons (Fsp3) is 0.714. The van der Waals surface area contributed by atoms with Crippen molar-refractivity contribution < 1.29 is 0 Å². The van der Waals surface area contributed by atoms with Crippen LogP contribution in [0.5, 0.6) is 0 Å². The number of likely N-dealkylation sites (tertiary alicyclic amines) is 1. The first kappa shape index (κ1) is 7.05. The Balaban J connectivity index is 2.33. The van der Waals surface area contributed by atoms with Crippen molar-refractivity contribution in [3.63, 3.8) is 0 Å². The van der Waals surface area contributed by atoms with Gasteiger partial charge in [0.05, 0.1) is 24.1 Å². The summed E-state index contributed by atoms with van der Waals surface area (Å²) in [6, 6.07) is 4.26. The molecule has 52 valence electrons. The molecule has 3 heteroatoms. The molecule has 1 rings (SSSR count). The lowest BCUT2D eigenvalue weighted by Crippen LogP contribution is -2.53. The van der Waals surface area contributed by atoms with Crippen molar-refractivity contribution in [3.8, 4) is 12.1 Å². The molecule has 10 heavy (non-hydrogen) atoms. The summed E-state index contributed by atoms with van der Waals surface area (Å²) in [5.41, 5.74) is -0.184. The predicted molar refractivity (Wildman–Crippen MR) is 35.8 cm³/mol. The van der Waals surface area contributed by atoms with Gasteiger partial charge in [-0.25, -0.2) is 0 Å². The monoisotopic (exact) mass is 135 g/mol. The smallest absolute Gasteiger partial charge is 0.0867 e. The van der Waals surface area contributed by atoms with Gasteiger partial charge in [-0.3, -0.25) is 4.90 Å². The summed E-state index contributed by atoms with van der Waals surface area (Å²) in [5, 5.41) is 16.8. The van der Waals surface area contributed by atoms with E-state index >= 15 is 0 Å². The number of hydrogen-bond acceptors (Lipinski definition) is 3. The van der Waals surface area contributed by atoms with Crippen LogP contribution in [0.25, 0.3) is 0 Å². The van der Waals surface area contributed by atoms with E-state index in [1.807, 2.05) is 17.9 Å². The Morgan fingerprint density at radius 1 is 1.50 bits per heavy atom. The summed E-state index contributed by atoms with van der Waals surface area (Å²) >= 11 is 0. The molecule has 0 aromatic rings. The first-order valence-corrected chi connectivity index (χ1v) is 3.21. The molecule has 1 fully saturated rings. The Morgan fingerprint density at radius 2 is 2.10 bits per heavy atom. The zero-order chi connectivity index (χ0) is 7.61. The van der Waals surface area contributed by atoms with Crippen molar-refractivity contribution in [3.05, 3.63) is 0 Å². The van der Waals surface area contributed by atoms with Gasteiger partial charge in [0.15, 0.2) is 0 Å². The third-order valence-corrected chi connectivity index (χ3v) is 1.71. The molecule has 1 aliphatic rings. The summed E-state index contributed by atoms with van der Waals surface area (Å²) < 4.78 is 0. The van der Waals surface area contributed by atoms with Crippen LogP contribution in [0.15, 0.2) is 0 Å². The van der Waals surface area contributed by atoms with Gasteiger partial charge in [0, 0.05) is 13.1 Å². The quantitative estimate of drug-likeness (QED) is 0.487. The summed E-state index contributed by atoms with van der Waals surface area (Å²) in [4.78, 5) is 1.96. The maximum Gasteiger partial charge on any atom is 0.0867 e. The van der Waals surface area contributed by atoms with Crippen LogP contribution in [0.1, 0.15) is 6.92 Å². The normalized spacial score (nSPS) is 22.3. The van der Waals surface area contributed by atoms with Gasteiger partial charge in [-0.2, -0.15) is 10.5 Å². The predicted octanol–water partition coefficient (Wildman–Crippen LogP) is 0.355. The molecule has 0 radical (unpaired) electrons. The molecule has 1 saturated heterocycles. The molecule has 0 spiro atoms. The fourth-order valence-electron chi connectivity index (χ4n) is 1.22. The lowest BCUT2D eigenvalue weighted by atomic mass is 9.84. The van der Waals surface area contributed by atoms with Gasteiger partial charge in [-0.15, -0.1) is 0 Å². The van der Waals surface area contributed by atoms with E-state index in [9.17, 15) is 0 Å². The van der Waals surface area contributed by atoms with Crippen LogP contribution in [-0.2, 0) is 0 Å². The van der Waals surface area contributed by atoms with E-state index in [1.165, 1.54) is 0 Å². The summed E-state index contributed by atoms with van der Waals surface area (Å²) in [6.45, 7) is 3.87. The molecular weight excluding hydrogens is 126 g/mol. The highest BCUT2D eigenvalue weighted by atomic mass is 15.2. The van der Waals surface area contributed by atoms with E-state index < -0.39 is 0 Å². The summed E-state index contributed by atoms with van der Waals surface area (Å²) in [6.07, 6.45) is 0. The maximum absolute atomic E-state index is 8.57. The molecule has 0 aliphatic carbocycles. The zero-order valence-electron chi connectivity index (χ0n) is 5.96. The van der Waals surface area contributed by atoms with Crippen LogP contribution in [0.3, 0.4) is 0 Å². The lowest BCUT2D eigenvalue weighted by Gasteiger charge is -2.41. The average Bonchev–Trinajstić information content (AvgIpc) is 1.85. The highest BCUT2D eigenvalue weighted by Crippen LogP contribution is 2.27. The van der Waals surface area contributed by atoms with E-state index in [2.05, 4.69) is 6.07 Å². The lowest BCUT2D eigenvalue weighted by molar-refractivity contribution is 0.0750. The van der Waals surface area contributed by atoms with Gasteiger partial charge >= 0.3 is 0 Å². The molecule has 0 saturated carbocycles. The number of nitrogens with zero attached hydrogens (tertiary/aromatic N) is 3. The topological polar surface area (TPSA) is 50.8 Å². The standard InChI is InChI=1S/C7H9N3/c1-7(4-9)5-10(6-7)3-2-8/h3,5-6H2,1H3. The van der Waals surface area contributed by atoms with Gasteiger partial charge in [0.25, 0.3) is 0 Å². The minimum Gasteiger partial charge on any atom is -0.287 e. The second kappa shape index (κ2) is 2.28. The van der Waals surface area contributed by atoms with Crippen LogP contribution < -0.4 is 0 Å². The minimum atomic E-state index is -0.184. The van der Waals surface area contributed by atoms with Gasteiger partial charge in [-0.1, -0.05) is 0 Å². The highest BCUT2D eigenvalue weighted by Gasteiger charge is 2.38. The van der Waals surface area contributed by atoms with Crippen LogP contribution in [0.4, 0.5) is 0 Å². The highest BCUT2D eigenvalue weighted by molar-refractivity contribution is 5.07. The molecule has 0 aromatic carbocycles. The van der Waals surface area contributed by atoms with E-state index in [1.54, 1.807) is 0 Å². The van der Waals surface area contributed by atoms with E-state index in [-0.39, 0.29) is 5.41 Å². The van der Waals surface area contributed by atoms with E-state index in [4.69, 9.17) is 10.5 Å². The Labute approximate surface area is 60.5 Å². The first-order chi connectivity index (χ1) is 4.70. The van der Waals surface area contributed by atoms with Crippen molar-refractivity contribution >= 4 is 0 Å². The number of nitriles is 2. The molecule has 3 nitrogen and oxygen atoms in total. The maximum atomic E-state index is 8.57. The Kier molecular flexibility index (Phi) is 1.61. The van der Waals surface area contributed by atoms with Crippen LogP contribution in [0, 0.1) is 28.1 Å². The van der Waals surface area contributed by atoms with Crippen molar-refractivity contribution in [2.45, 2.75) is 6.92 Å². The zero-order valence-corrected chi connectivity index (χ0v) is 5.96. The minimum absolute atomic E-state index is 0.184. The molecule has 0 N–H and O–H groups in total. The summed E-state index contributed by atoms with van der Waals surface area (Å²) in [5.74, 6) is 0. The molecule has 0 bridgehead atoms. The Bertz CT molecular complexity index is 202. The van der Waals surface area contributed by atoms with Crippen molar-refractivity contribution in [2.24, 2.45) is 5.41 Å². The molecule has 0 unspecified atom stereocenters. The molecule has 0 amide bonds. The largest absolute Gasteiger partial charge is 0.287 e.